The standard InChI is InChI=1S/C10H10F6O/c1-6-3-2-4-8(7(6)5-17,9(11,12)13)10(14,15)16/h5H,2-4H2,1H3. The third-order valence-corrected chi connectivity index (χ3v) is 3.11. The van der Waals surface area contributed by atoms with Gasteiger partial charge in [0.25, 0.3) is 0 Å². The molecule has 0 atom stereocenters. The molecule has 0 saturated heterocycles. The molecule has 0 radical (unpaired) electrons. The molecule has 1 rings (SSSR count). The van der Waals surface area contributed by atoms with Gasteiger partial charge in [-0.1, -0.05) is 5.57 Å². The smallest absolute Gasteiger partial charge is 0.298 e. The van der Waals surface area contributed by atoms with E-state index in [1.54, 1.807) is 0 Å². The van der Waals surface area contributed by atoms with E-state index in [0.717, 1.165) is 6.92 Å². The topological polar surface area (TPSA) is 17.1 Å². The van der Waals surface area contributed by atoms with Crippen molar-refractivity contribution in [2.45, 2.75) is 38.5 Å². The van der Waals surface area contributed by atoms with Crippen LogP contribution in [0.15, 0.2) is 11.1 Å². The zero-order valence-corrected chi connectivity index (χ0v) is 8.87. The van der Waals surface area contributed by atoms with Crippen LogP contribution in [0, 0.1) is 5.41 Å². The maximum atomic E-state index is 12.8. The van der Waals surface area contributed by atoms with E-state index in [-0.39, 0.29) is 24.7 Å². The van der Waals surface area contributed by atoms with Gasteiger partial charge in [-0.25, -0.2) is 0 Å². The quantitative estimate of drug-likeness (QED) is 0.517. The highest BCUT2D eigenvalue weighted by atomic mass is 19.4. The van der Waals surface area contributed by atoms with Crippen molar-refractivity contribution in [2.75, 3.05) is 0 Å². The molecule has 0 aliphatic heterocycles. The fourth-order valence-electron chi connectivity index (χ4n) is 2.20. The Kier molecular flexibility index (Phi) is 3.33. The van der Waals surface area contributed by atoms with Crippen LogP contribution >= 0.6 is 0 Å². The molecule has 17 heavy (non-hydrogen) atoms. The highest BCUT2D eigenvalue weighted by molar-refractivity contribution is 5.78. The van der Waals surface area contributed by atoms with Gasteiger partial charge in [-0.2, -0.15) is 26.3 Å². The Morgan fingerprint density at radius 3 is 1.88 bits per heavy atom. The van der Waals surface area contributed by atoms with Crippen LogP contribution < -0.4 is 0 Å². The fourth-order valence-corrected chi connectivity index (χ4v) is 2.20. The molecule has 1 aliphatic carbocycles. The molecular formula is C10H10F6O. The van der Waals surface area contributed by atoms with E-state index >= 15 is 0 Å². The molecule has 0 N–H and O–H groups in total. The summed E-state index contributed by atoms with van der Waals surface area (Å²) in [5.74, 6) is 0. The number of alkyl halides is 6. The molecule has 0 unspecified atom stereocenters. The number of allylic oxidation sites excluding steroid dienone is 2. The lowest BCUT2D eigenvalue weighted by molar-refractivity contribution is -0.328. The molecule has 0 bridgehead atoms. The number of carbonyl (C=O) groups is 1. The minimum Gasteiger partial charge on any atom is -0.298 e. The second-order valence-corrected chi connectivity index (χ2v) is 4.07. The van der Waals surface area contributed by atoms with Crippen molar-refractivity contribution < 1.29 is 31.1 Å². The zero-order chi connectivity index (χ0) is 13.5. The van der Waals surface area contributed by atoms with E-state index in [2.05, 4.69) is 0 Å². The molecule has 98 valence electrons. The summed E-state index contributed by atoms with van der Waals surface area (Å²) in [4.78, 5) is 10.6. The van der Waals surface area contributed by atoms with Gasteiger partial charge in [0.2, 0.25) is 0 Å². The van der Waals surface area contributed by atoms with E-state index < -0.39 is 29.8 Å². The number of rotatable bonds is 1. The highest BCUT2D eigenvalue weighted by Gasteiger charge is 2.72. The minimum absolute atomic E-state index is 0.0853. The summed E-state index contributed by atoms with van der Waals surface area (Å²) in [6, 6.07) is 0. The molecule has 0 heterocycles. The number of hydrogen-bond acceptors (Lipinski definition) is 1. The lowest BCUT2D eigenvalue weighted by Crippen LogP contribution is -2.53. The zero-order valence-electron chi connectivity index (χ0n) is 8.87. The van der Waals surface area contributed by atoms with Gasteiger partial charge in [-0.05, 0) is 26.2 Å². The summed E-state index contributed by atoms with van der Waals surface area (Å²) in [5.41, 5.74) is -5.31. The van der Waals surface area contributed by atoms with Crippen LogP contribution in [0.4, 0.5) is 26.3 Å². The Balaban J connectivity index is 3.54. The molecule has 0 aromatic heterocycles. The Morgan fingerprint density at radius 2 is 1.59 bits per heavy atom. The molecule has 0 fully saturated rings. The molecule has 0 aromatic rings. The summed E-state index contributed by atoms with van der Waals surface area (Å²) in [6.45, 7) is 1.13. The minimum atomic E-state index is -5.51. The molecule has 0 amide bonds. The average molecular weight is 260 g/mol. The first kappa shape index (κ1) is 14.1. The van der Waals surface area contributed by atoms with Crippen molar-refractivity contribution in [3.05, 3.63) is 11.1 Å². The van der Waals surface area contributed by atoms with Crippen molar-refractivity contribution >= 4 is 6.29 Å². The molecule has 0 saturated carbocycles. The molecule has 0 aromatic carbocycles. The Bertz CT molecular complexity index is 335. The summed E-state index contributed by atoms with van der Waals surface area (Å²) in [6.07, 6.45) is -12.6. The van der Waals surface area contributed by atoms with Crippen molar-refractivity contribution in [1.82, 2.24) is 0 Å². The van der Waals surface area contributed by atoms with Crippen LogP contribution in [0.1, 0.15) is 26.2 Å². The van der Waals surface area contributed by atoms with Gasteiger partial charge in [0.15, 0.2) is 5.41 Å². The third kappa shape index (κ3) is 1.95. The fraction of sp³-hybridized carbons (Fsp3) is 0.700. The third-order valence-electron chi connectivity index (χ3n) is 3.11. The highest BCUT2D eigenvalue weighted by Crippen LogP contribution is 2.59. The monoisotopic (exact) mass is 260 g/mol. The van der Waals surface area contributed by atoms with Gasteiger partial charge < -0.3 is 0 Å². The molecule has 7 heteroatoms. The average Bonchev–Trinajstić information content (AvgIpc) is 2.13. The van der Waals surface area contributed by atoms with Crippen molar-refractivity contribution in [2.24, 2.45) is 5.41 Å². The number of carbonyl (C=O) groups excluding carboxylic acids is 1. The van der Waals surface area contributed by atoms with Crippen LogP contribution in [0.25, 0.3) is 0 Å². The van der Waals surface area contributed by atoms with Crippen LogP contribution in [0.2, 0.25) is 0 Å². The second kappa shape index (κ2) is 4.03. The molecule has 0 spiro atoms. The van der Waals surface area contributed by atoms with Gasteiger partial charge in [0, 0.05) is 5.57 Å². The normalized spacial score (nSPS) is 21.6. The van der Waals surface area contributed by atoms with Gasteiger partial charge >= 0.3 is 12.4 Å². The van der Waals surface area contributed by atoms with Crippen LogP contribution in [-0.2, 0) is 4.79 Å². The lowest BCUT2D eigenvalue weighted by atomic mass is 9.69. The molecule has 1 nitrogen and oxygen atoms in total. The van der Waals surface area contributed by atoms with E-state index in [1.807, 2.05) is 0 Å². The number of aldehydes is 1. The maximum Gasteiger partial charge on any atom is 0.407 e. The lowest BCUT2D eigenvalue weighted by Gasteiger charge is -2.40. The first-order valence-corrected chi connectivity index (χ1v) is 4.87. The first-order valence-electron chi connectivity index (χ1n) is 4.87. The number of hydrogen-bond donors (Lipinski definition) is 0. The van der Waals surface area contributed by atoms with E-state index in [0.29, 0.717) is 0 Å². The summed E-state index contributed by atoms with van der Waals surface area (Å²) in [7, 11) is 0. The van der Waals surface area contributed by atoms with Crippen molar-refractivity contribution in [1.29, 1.82) is 0 Å². The summed E-state index contributed by atoms with van der Waals surface area (Å²) in [5, 5.41) is 0. The molecule has 1 aliphatic rings. The number of halogens is 6. The second-order valence-electron chi connectivity index (χ2n) is 4.07. The van der Waals surface area contributed by atoms with Gasteiger partial charge in [-0.15, -0.1) is 0 Å². The summed E-state index contributed by atoms with van der Waals surface area (Å²) >= 11 is 0. The largest absolute Gasteiger partial charge is 0.407 e. The maximum absolute atomic E-state index is 12.8. The van der Waals surface area contributed by atoms with Crippen molar-refractivity contribution in [3.63, 3.8) is 0 Å². The van der Waals surface area contributed by atoms with Gasteiger partial charge in [-0.3, -0.25) is 4.79 Å². The predicted molar refractivity (Wildman–Crippen MR) is 47.2 cm³/mol. The van der Waals surface area contributed by atoms with Crippen LogP contribution in [0.5, 0.6) is 0 Å². The van der Waals surface area contributed by atoms with Gasteiger partial charge in [0.05, 0.1) is 0 Å². The summed E-state index contributed by atoms with van der Waals surface area (Å²) < 4.78 is 76.7. The van der Waals surface area contributed by atoms with Crippen LogP contribution in [0.3, 0.4) is 0 Å². The van der Waals surface area contributed by atoms with E-state index in [4.69, 9.17) is 0 Å². The van der Waals surface area contributed by atoms with E-state index in [9.17, 15) is 31.1 Å². The van der Waals surface area contributed by atoms with E-state index in [1.165, 1.54) is 0 Å². The Labute approximate surface area is 93.5 Å². The first-order chi connectivity index (χ1) is 7.58. The van der Waals surface area contributed by atoms with Crippen molar-refractivity contribution in [3.8, 4) is 0 Å². The SMILES string of the molecule is CC1=C(C=O)C(C(F)(F)F)(C(F)(F)F)CCC1. The van der Waals surface area contributed by atoms with Gasteiger partial charge in [0.1, 0.15) is 6.29 Å². The van der Waals surface area contributed by atoms with Crippen LogP contribution in [-0.4, -0.2) is 18.6 Å². The Hall–Kier alpha value is -1.01. The molecular weight excluding hydrogens is 250 g/mol. The Morgan fingerprint density at radius 1 is 1.12 bits per heavy atom. The predicted octanol–water partition coefficient (Wildman–Crippen LogP) is 3.80.